The van der Waals surface area contributed by atoms with Gasteiger partial charge in [-0.25, -0.2) is 4.98 Å². The Balaban J connectivity index is 1.25. The zero-order valence-electron chi connectivity index (χ0n) is 16.6. The van der Waals surface area contributed by atoms with Crippen LogP contribution in [0.15, 0.2) is 67.5 Å². The second-order valence-electron chi connectivity index (χ2n) is 7.73. The number of rotatable bonds is 9. The van der Waals surface area contributed by atoms with Gasteiger partial charge in [0.25, 0.3) is 0 Å². The van der Waals surface area contributed by atoms with Gasteiger partial charge < -0.3 is 14.4 Å². The van der Waals surface area contributed by atoms with Gasteiger partial charge in [0.05, 0.1) is 19.0 Å². The second kappa shape index (κ2) is 9.67. The third-order valence-corrected chi connectivity index (χ3v) is 5.42. The predicted molar refractivity (Wildman–Crippen MR) is 111 cm³/mol. The average molecular weight is 393 g/mol. The SMILES string of the molecule is O[C@H]1CN(Cc2cccc(OCCCn3ccnc3)c2)C[C@H]1Cc1ccncc1. The normalized spacial score (nSPS) is 19.5. The van der Waals surface area contributed by atoms with Crippen molar-refractivity contribution in [1.82, 2.24) is 19.4 Å². The molecule has 29 heavy (non-hydrogen) atoms. The summed E-state index contributed by atoms with van der Waals surface area (Å²) in [7, 11) is 0. The number of aromatic nitrogens is 3. The summed E-state index contributed by atoms with van der Waals surface area (Å²) in [5.74, 6) is 1.17. The number of nitrogens with zero attached hydrogens (tertiary/aromatic N) is 4. The Morgan fingerprint density at radius 1 is 1.03 bits per heavy atom. The molecule has 2 atom stereocenters. The van der Waals surface area contributed by atoms with Crippen LogP contribution in [0.4, 0.5) is 0 Å². The molecule has 3 heterocycles. The molecule has 0 aliphatic carbocycles. The van der Waals surface area contributed by atoms with Crippen molar-refractivity contribution in [2.45, 2.75) is 32.0 Å². The molecular weight excluding hydrogens is 364 g/mol. The summed E-state index contributed by atoms with van der Waals surface area (Å²) in [5, 5.41) is 10.5. The first-order valence-corrected chi connectivity index (χ1v) is 10.2. The topological polar surface area (TPSA) is 63.4 Å². The highest BCUT2D eigenvalue weighted by Gasteiger charge is 2.31. The fourth-order valence-electron chi connectivity index (χ4n) is 3.94. The van der Waals surface area contributed by atoms with Crippen LogP contribution in [-0.2, 0) is 19.5 Å². The lowest BCUT2D eigenvalue weighted by Crippen LogP contribution is -2.21. The van der Waals surface area contributed by atoms with E-state index in [9.17, 15) is 5.11 Å². The maximum atomic E-state index is 10.5. The van der Waals surface area contributed by atoms with Crippen LogP contribution >= 0.6 is 0 Å². The van der Waals surface area contributed by atoms with Gasteiger partial charge in [-0.1, -0.05) is 12.1 Å². The molecule has 0 bridgehead atoms. The molecule has 6 nitrogen and oxygen atoms in total. The van der Waals surface area contributed by atoms with Crippen LogP contribution in [0.5, 0.6) is 5.75 Å². The number of aryl methyl sites for hydroxylation is 1. The van der Waals surface area contributed by atoms with Crippen molar-refractivity contribution >= 4 is 0 Å². The van der Waals surface area contributed by atoms with Crippen LogP contribution < -0.4 is 4.74 Å². The summed E-state index contributed by atoms with van der Waals surface area (Å²) in [6, 6.07) is 12.3. The van der Waals surface area contributed by atoms with Gasteiger partial charge >= 0.3 is 0 Å². The molecule has 1 aliphatic rings. The molecule has 4 rings (SSSR count). The van der Waals surface area contributed by atoms with E-state index < -0.39 is 0 Å². The molecule has 0 unspecified atom stereocenters. The zero-order valence-corrected chi connectivity index (χ0v) is 16.6. The average Bonchev–Trinajstić information content (AvgIpc) is 3.36. The second-order valence-corrected chi connectivity index (χ2v) is 7.73. The van der Waals surface area contributed by atoms with Crippen molar-refractivity contribution in [2.75, 3.05) is 19.7 Å². The van der Waals surface area contributed by atoms with Crippen molar-refractivity contribution in [3.8, 4) is 5.75 Å². The number of hydrogen-bond acceptors (Lipinski definition) is 5. The number of likely N-dealkylation sites (tertiary alicyclic amines) is 1. The maximum Gasteiger partial charge on any atom is 0.119 e. The molecular formula is C23H28N4O2. The number of benzene rings is 1. The van der Waals surface area contributed by atoms with Crippen molar-refractivity contribution in [2.24, 2.45) is 5.92 Å². The molecule has 1 aliphatic heterocycles. The molecule has 6 heteroatoms. The van der Waals surface area contributed by atoms with Crippen molar-refractivity contribution in [3.05, 3.63) is 78.6 Å². The van der Waals surface area contributed by atoms with E-state index in [2.05, 4.69) is 31.6 Å². The van der Waals surface area contributed by atoms with E-state index in [1.54, 1.807) is 6.20 Å². The molecule has 1 N–H and O–H groups in total. The molecule has 1 aromatic carbocycles. The molecule has 0 radical (unpaired) electrons. The minimum atomic E-state index is -0.286. The summed E-state index contributed by atoms with van der Waals surface area (Å²) in [4.78, 5) is 10.4. The number of ether oxygens (including phenoxy) is 1. The first-order chi connectivity index (χ1) is 14.3. The van der Waals surface area contributed by atoms with Crippen molar-refractivity contribution in [3.63, 3.8) is 0 Å². The van der Waals surface area contributed by atoms with Gasteiger partial charge in [-0.15, -0.1) is 0 Å². The van der Waals surface area contributed by atoms with Crippen LogP contribution in [-0.4, -0.2) is 50.3 Å². The number of pyridine rings is 1. The highest BCUT2D eigenvalue weighted by molar-refractivity contribution is 5.28. The van der Waals surface area contributed by atoms with Gasteiger partial charge in [0.2, 0.25) is 0 Å². The minimum Gasteiger partial charge on any atom is -0.494 e. The van der Waals surface area contributed by atoms with Crippen LogP contribution in [0, 0.1) is 5.92 Å². The lowest BCUT2D eigenvalue weighted by molar-refractivity contribution is 0.141. The van der Waals surface area contributed by atoms with Crippen LogP contribution in [0.2, 0.25) is 0 Å². The standard InChI is InChI=1S/C23H28N4O2/c28-23-17-27(16-21(23)13-19-5-7-24-8-6-19)15-20-3-1-4-22(14-20)29-12-2-10-26-11-9-25-18-26/h1,3-9,11,14,18,21,23,28H,2,10,12-13,15-17H2/t21-,23+/m1/s1. The first-order valence-electron chi connectivity index (χ1n) is 10.2. The summed E-state index contributed by atoms with van der Waals surface area (Å²) < 4.78 is 7.98. The van der Waals surface area contributed by atoms with Gasteiger partial charge in [0.15, 0.2) is 0 Å². The molecule has 0 spiro atoms. The van der Waals surface area contributed by atoms with Crippen LogP contribution in [0.1, 0.15) is 17.5 Å². The maximum absolute atomic E-state index is 10.5. The quantitative estimate of drug-likeness (QED) is 0.568. The fraction of sp³-hybridized carbons (Fsp3) is 0.391. The Labute approximate surface area is 171 Å². The van der Waals surface area contributed by atoms with Crippen molar-refractivity contribution in [1.29, 1.82) is 0 Å². The summed E-state index contributed by atoms with van der Waals surface area (Å²) in [6.07, 6.45) is 10.8. The lowest BCUT2D eigenvalue weighted by atomic mass is 9.97. The van der Waals surface area contributed by atoms with E-state index in [1.165, 1.54) is 11.1 Å². The molecule has 0 saturated carbocycles. The van der Waals surface area contributed by atoms with E-state index in [-0.39, 0.29) is 12.0 Å². The minimum absolute atomic E-state index is 0.264. The Kier molecular flexibility index (Phi) is 6.54. The van der Waals surface area contributed by atoms with E-state index in [0.717, 1.165) is 38.2 Å². The first kappa shape index (κ1) is 19.6. The van der Waals surface area contributed by atoms with Crippen LogP contribution in [0.3, 0.4) is 0 Å². The fourth-order valence-corrected chi connectivity index (χ4v) is 3.94. The number of β-amino-alcohol motifs (C(OH)–C–C–N with tert-alkyl or cyclic N) is 1. The highest BCUT2D eigenvalue weighted by atomic mass is 16.5. The van der Waals surface area contributed by atoms with E-state index in [4.69, 9.17) is 4.74 Å². The molecule has 0 amide bonds. The molecule has 1 saturated heterocycles. The number of hydrogen-bond donors (Lipinski definition) is 1. The highest BCUT2D eigenvalue weighted by Crippen LogP contribution is 2.24. The molecule has 152 valence electrons. The van der Waals surface area contributed by atoms with Gasteiger partial charge in [-0.2, -0.15) is 0 Å². The molecule has 2 aromatic heterocycles. The Morgan fingerprint density at radius 3 is 2.76 bits per heavy atom. The van der Waals surface area contributed by atoms with Gasteiger partial charge in [-0.05, 0) is 48.2 Å². The smallest absolute Gasteiger partial charge is 0.119 e. The van der Waals surface area contributed by atoms with Gasteiger partial charge in [0, 0.05) is 56.9 Å². The Bertz CT molecular complexity index is 870. The van der Waals surface area contributed by atoms with Gasteiger partial charge in [0.1, 0.15) is 5.75 Å². The van der Waals surface area contributed by atoms with E-state index in [0.29, 0.717) is 13.2 Å². The van der Waals surface area contributed by atoms with Gasteiger partial charge in [-0.3, -0.25) is 9.88 Å². The Hall–Kier alpha value is -2.70. The third-order valence-electron chi connectivity index (χ3n) is 5.42. The number of imidazole rings is 1. The largest absolute Gasteiger partial charge is 0.494 e. The predicted octanol–water partition coefficient (Wildman–Crippen LogP) is 2.78. The molecule has 3 aromatic rings. The summed E-state index contributed by atoms with van der Waals surface area (Å²) in [6.45, 7) is 4.03. The summed E-state index contributed by atoms with van der Waals surface area (Å²) >= 11 is 0. The van der Waals surface area contributed by atoms with E-state index >= 15 is 0 Å². The Morgan fingerprint density at radius 2 is 1.93 bits per heavy atom. The number of aliphatic hydroxyl groups excluding tert-OH is 1. The molecule has 1 fully saturated rings. The van der Waals surface area contributed by atoms with Crippen molar-refractivity contribution < 1.29 is 9.84 Å². The zero-order chi connectivity index (χ0) is 19.9. The lowest BCUT2D eigenvalue weighted by Gasteiger charge is -2.16. The summed E-state index contributed by atoms with van der Waals surface area (Å²) in [5.41, 5.74) is 2.45. The number of aliphatic hydroxyl groups is 1. The monoisotopic (exact) mass is 392 g/mol. The van der Waals surface area contributed by atoms with E-state index in [1.807, 2.05) is 49.2 Å². The van der Waals surface area contributed by atoms with Crippen LogP contribution in [0.25, 0.3) is 0 Å². The third kappa shape index (κ3) is 5.65.